The lowest BCUT2D eigenvalue weighted by atomic mass is 10.0. The van der Waals surface area contributed by atoms with Crippen LogP contribution in [0.15, 0.2) is 152 Å². The second-order valence-corrected chi connectivity index (χ2v) is 11.4. The normalized spacial score (nSPS) is 11.5. The van der Waals surface area contributed by atoms with Crippen LogP contribution in [0.2, 0.25) is 0 Å². The van der Waals surface area contributed by atoms with Crippen molar-refractivity contribution < 1.29 is 0 Å². The van der Waals surface area contributed by atoms with Gasteiger partial charge in [0.05, 0.1) is 44.8 Å². The lowest BCUT2D eigenvalue weighted by Gasteiger charge is -2.10. The second-order valence-electron chi connectivity index (χ2n) is 11.4. The summed E-state index contributed by atoms with van der Waals surface area (Å²) in [5.41, 5.74) is 11.4. The molecule has 0 aliphatic rings. The van der Waals surface area contributed by atoms with Crippen molar-refractivity contribution in [2.45, 2.75) is 0 Å². The van der Waals surface area contributed by atoms with Gasteiger partial charge in [0.15, 0.2) is 0 Å². The molecule has 0 amide bonds. The molecule has 0 unspecified atom stereocenters. The van der Waals surface area contributed by atoms with Gasteiger partial charge in [-0.2, -0.15) is 0 Å². The number of fused-ring (bicyclic) bond motifs is 6. The smallest absolute Gasteiger partial charge is 0.0972 e. The molecule has 9 rings (SSSR count). The lowest BCUT2D eigenvalue weighted by molar-refractivity contribution is 1.32. The Balaban J connectivity index is 1.07. The summed E-state index contributed by atoms with van der Waals surface area (Å²) in [6.45, 7) is 0. The van der Waals surface area contributed by atoms with Crippen LogP contribution in [0.1, 0.15) is 0 Å². The Labute approximate surface area is 264 Å². The molecule has 0 fully saturated rings. The van der Waals surface area contributed by atoms with Crippen LogP contribution in [-0.2, 0) is 0 Å². The van der Waals surface area contributed by atoms with E-state index >= 15 is 0 Å². The molecule has 0 bridgehead atoms. The number of nitrogens with zero attached hydrogens (tertiary/aromatic N) is 5. The van der Waals surface area contributed by atoms with E-state index in [1.54, 1.807) is 0 Å². The Bertz CT molecular complexity index is 2430. The Kier molecular flexibility index (Phi) is 6.06. The first kappa shape index (κ1) is 26.1. The number of hydrogen-bond donors (Lipinski definition) is 0. The van der Waals surface area contributed by atoms with Crippen LogP contribution in [0.5, 0.6) is 0 Å². The highest BCUT2D eigenvalue weighted by Gasteiger charge is 2.11. The monoisotopic (exact) mass is 587 g/mol. The molecule has 0 aliphatic heterocycles. The van der Waals surface area contributed by atoms with Crippen molar-refractivity contribution in [2.75, 3.05) is 0 Å². The van der Waals surface area contributed by atoms with Crippen molar-refractivity contribution in [1.82, 2.24) is 24.9 Å². The van der Waals surface area contributed by atoms with Gasteiger partial charge in [-0.3, -0.25) is 9.97 Å². The summed E-state index contributed by atoms with van der Waals surface area (Å²) >= 11 is 0. The first-order valence-corrected chi connectivity index (χ1v) is 15.2. The van der Waals surface area contributed by atoms with Gasteiger partial charge < -0.3 is 0 Å². The molecule has 214 valence electrons. The molecule has 0 aliphatic carbocycles. The minimum Gasteiger partial charge on any atom is -0.254 e. The van der Waals surface area contributed by atoms with Gasteiger partial charge in [-0.1, -0.05) is 91.0 Å². The van der Waals surface area contributed by atoms with Crippen molar-refractivity contribution in [3.8, 4) is 45.0 Å². The van der Waals surface area contributed by atoms with Crippen LogP contribution in [0, 0.1) is 0 Å². The molecule has 0 spiro atoms. The molecule has 5 nitrogen and oxygen atoms in total. The number of rotatable bonds is 4. The summed E-state index contributed by atoms with van der Waals surface area (Å²) in [4.78, 5) is 24.5. The lowest BCUT2D eigenvalue weighted by Crippen LogP contribution is -1.92. The van der Waals surface area contributed by atoms with Crippen molar-refractivity contribution in [1.29, 1.82) is 0 Å². The molecule has 0 radical (unpaired) electrons. The van der Waals surface area contributed by atoms with E-state index in [0.29, 0.717) is 0 Å². The van der Waals surface area contributed by atoms with Gasteiger partial charge >= 0.3 is 0 Å². The number of hydrogen-bond acceptors (Lipinski definition) is 5. The topological polar surface area (TPSA) is 64.5 Å². The maximum Gasteiger partial charge on any atom is 0.0972 e. The SMILES string of the molecule is c1cc(-c2cccc(-c3cccc(-c4ccc5ccc6cccnc6c5n4)c3)n2)cc(-c2ccc3ccc4cccnc4c3n2)c1. The number of pyridine rings is 5. The molecule has 4 aromatic carbocycles. The summed E-state index contributed by atoms with van der Waals surface area (Å²) in [5.74, 6) is 0. The van der Waals surface area contributed by atoms with E-state index in [2.05, 4.69) is 137 Å². The van der Waals surface area contributed by atoms with Crippen LogP contribution in [0.4, 0.5) is 0 Å². The predicted octanol–water partition coefficient (Wildman–Crippen LogP) is 9.94. The Morgan fingerprint density at radius 3 is 1.11 bits per heavy atom. The summed E-state index contributed by atoms with van der Waals surface area (Å²) in [6, 6.07) is 47.9. The third kappa shape index (κ3) is 4.54. The summed E-state index contributed by atoms with van der Waals surface area (Å²) in [5, 5.41) is 4.32. The van der Waals surface area contributed by atoms with Gasteiger partial charge in [-0.15, -0.1) is 0 Å². The van der Waals surface area contributed by atoms with Crippen molar-refractivity contribution >= 4 is 43.6 Å². The number of aromatic nitrogens is 5. The van der Waals surface area contributed by atoms with Gasteiger partial charge in [0, 0.05) is 56.2 Å². The average Bonchev–Trinajstić information content (AvgIpc) is 3.14. The van der Waals surface area contributed by atoms with Gasteiger partial charge in [-0.05, 0) is 48.5 Å². The first-order chi connectivity index (χ1) is 22.8. The van der Waals surface area contributed by atoms with Crippen LogP contribution in [-0.4, -0.2) is 24.9 Å². The fourth-order valence-corrected chi connectivity index (χ4v) is 6.20. The Morgan fingerprint density at radius 2 is 0.652 bits per heavy atom. The molecule has 9 aromatic rings. The largest absolute Gasteiger partial charge is 0.254 e. The highest BCUT2D eigenvalue weighted by atomic mass is 14.8. The molecule has 5 aromatic heterocycles. The Hall–Kier alpha value is -6.33. The third-order valence-electron chi connectivity index (χ3n) is 8.52. The van der Waals surface area contributed by atoms with Crippen LogP contribution in [0.25, 0.3) is 88.6 Å². The molecule has 5 heterocycles. The van der Waals surface area contributed by atoms with Crippen molar-refractivity contribution in [3.05, 3.63) is 152 Å². The molecular formula is C41H25N5. The van der Waals surface area contributed by atoms with E-state index < -0.39 is 0 Å². The van der Waals surface area contributed by atoms with Gasteiger partial charge in [0.25, 0.3) is 0 Å². The summed E-state index contributed by atoms with van der Waals surface area (Å²) < 4.78 is 0. The molecule has 0 saturated heterocycles. The van der Waals surface area contributed by atoms with Crippen LogP contribution >= 0.6 is 0 Å². The van der Waals surface area contributed by atoms with Crippen LogP contribution in [0.3, 0.4) is 0 Å². The van der Waals surface area contributed by atoms with E-state index in [0.717, 1.165) is 88.6 Å². The molecule has 0 atom stereocenters. The molecule has 0 N–H and O–H groups in total. The minimum absolute atomic E-state index is 0.902. The quantitative estimate of drug-likeness (QED) is 0.192. The van der Waals surface area contributed by atoms with E-state index in [9.17, 15) is 0 Å². The van der Waals surface area contributed by atoms with Gasteiger partial charge in [-0.25, -0.2) is 15.0 Å². The first-order valence-electron chi connectivity index (χ1n) is 15.2. The number of benzene rings is 4. The fourth-order valence-electron chi connectivity index (χ4n) is 6.20. The molecule has 0 saturated carbocycles. The predicted molar refractivity (Wildman–Crippen MR) is 187 cm³/mol. The Morgan fingerprint density at radius 1 is 0.283 bits per heavy atom. The standard InChI is InChI=1S/C41H25N5/c1-6-30(24-32(8-1)36-20-18-28-16-14-26-10-4-22-42-38(26)40(28)45-36)34-12-3-13-35(44-34)31-7-2-9-33(25-31)37-21-19-29-17-15-27-11-5-23-43-39(27)41(29)46-37/h1-25H. The van der Waals surface area contributed by atoms with E-state index in [1.165, 1.54) is 0 Å². The van der Waals surface area contributed by atoms with E-state index in [1.807, 2.05) is 24.5 Å². The summed E-state index contributed by atoms with van der Waals surface area (Å²) in [6.07, 6.45) is 3.64. The van der Waals surface area contributed by atoms with Crippen molar-refractivity contribution in [2.24, 2.45) is 0 Å². The average molecular weight is 588 g/mol. The van der Waals surface area contributed by atoms with E-state index in [-0.39, 0.29) is 0 Å². The fraction of sp³-hybridized carbons (Fsp3) is 0. The minimum atomic E-state index is 0.902. The second kappa shape index (κ2) is 10.7. The van der Waals surface area contributed by atoms with Crippen LogP contribution < -0.4 is 0 Å². The van der Waals surface area contributed by atoms with Crippen molar-refractivity contribution in [3.63, 3.8) is 0 Å². The molecule has 46 heavy (non-hydrogen) atoms. The zero-order chi connectivity index (χ0) is 30.5. The maximum atomic E-state index is 5.10. The third-order valence-corrected chi connectivity index (χ3v) is 8.52. The molecular weight excluding hydrogens is 562 g/mol. The molecule has 5 heteroatoms. The van der Waals surface area contributed by atoms with Gasteiger partial charge in [0.2, 0.25) is 0 Å². The van der Waals surface area contributed by atoms with Gasteiger partial charge in [0.1, 0.15) is 0 Å². The maximum absolute atomic E-state index is 5.10. The zero-order valence-corrected chi connectivity index (χ0v) is 24.7. The highest BCUT2D eigenvalue weighted by molar-refractivity contribution is 6.04. The highest BCUT2D eigenvalue weighted by Crippen LogP contribution is 2.31. The zero-order valence-electron chi connectivity index (χ0n) is 24.7. The van der Waals surface area contributed by atoms with E-state index in [4.69, 9.17) is 15.0 Å². The summed E-state index contributed by atoms with van der Waals surface area (Å²) in [7, 11) is 0.